The van der Waals surface area contributed by atoms with Gasteiger partial charge in [0.25, 0.3) is 5.69 Å². The van der Waals surface area contributed by atoms with Gasteiger partial charge in [0.1, 0.15) is 0 Å². The van der Waals surface area contributed by atoms with Crippen molar-refractivity contribution >= 4 is 5.69 Å². The van der Waals surface area contributed by atoms with Gasteiger partial charge < -0.3 is 5.32 Å². The van der Waals surface area contributed by atoms with Crippen LogP contribution in [0, 0.1) is 10.1 Å². The molecule has 0 atom stereocenters. The monoisotopic (exact) mass is 243 g/mol. The van der Waals surface area contributed by atoms with E-state index in [9.17, 15) is 10.1 Å². The van der Waals surface area contributed by atoms with E-state index in [0.29, 0.717) is 13.1 Å². The van der Waals surface area contributed by atoms with Gasteiger partial charge in [0.05, 0.1) is 10.6 Å². The summed E-state index contributed by atoms with van der Waals surface area (Å²) < 4.78 is 0. The van der Waals surface area contributed by atoms with Crippen molar-refractivity contribution in [1.29, 1.82) is 0 Å². The minimum atomic E-state index is -0.398. The van der Waals surface area contributed by atoms with E-state index >= 15 is 0 Å². The number of aromatic nitrogens is 1. The second kappa shape index (κ2) is 5.88. The molecule has 2 aromatic rings. The van der Waals surface area contributed by atoms with E-state index in [1.807, 2.05) is 18.2 Å². The summed E-state index contributed by atoms with van der Waals surface area (Å²) in [4.78, 5) is 14.3. The molecule has 1 N–H and O–H groups in total. The first kappa shape index (κ1) is 12.2. The van der Waals surface area contributed by atoms with E-state index in [-0.39, 0.29) is 5.69 Å². The molecule has 5 nitrogen and oxygen atoms in total. The lowest BCUT2D eigenvalue weighted by Crippen LogP contribution is -2.13. The summed E-state index contributed by atoms with van der Waals surface area (Å²) in [6.07, 6.45) is 1.75. The molecule has 0 unspecified atom stereocenters. The minimum absolute atomic E-state index is 0.114. The van der Waals surface area contributed by atoms with E-state index in [1.54, 1.807) is 18.3 Å². The van der Waals surface area contributed by atoms with Crippen LogP contribution in [0.2, 0.25) is 0 Å². The molecule has 0 bridgehead atoms. The standard InChI is InChI=1S/C13H13N3O2/c17-16(18)13-6-4-11(5-7-13)9-14-10-12-3-1-2-8-15-12/h1-8,14H,9-10H2. The van der Waals surface area contributed by atoms with Crippen molar-refractivity contribution in [3.05, 3.63) is 70.0 Å². The van der Waals surface area contributed by atoms with Crippen LogP contribution in [0.25, 0.3) is 0 Å². The molecule has 1 heterocycles. The molecule has 0 spiro atoms. The Balaban J connectivity index is 1.85. The highest BCUT2D eigenvalue weighted by Gasteiger charge is 2.03. The number of hydrogen-bond donors (Lipinski definition) is 1. The van der Waals surface area contributed by atoms with Gasteiger partial charge in [0, 0.05) is 31.4 Å². The van der Waals surface area contributed by atoms with Crippen molar-refractivity contribution in [3.8, 4) is 0 Å². The van der Waals surface area contributed by atoms with E-state index in [4.69, 9.17) is 0 Å². The molecule has 0 saturated carbocycles. The quantitative estimate of drug-likeness (QED) is 0.646. The van der Waals surface area contributed by atoms with Gasteiger partial charge in [-0.1, -0.05) is 18.2 Å². The number of nitro benzene ring substituents is 1. The Morgan fingerprint density at radius 2 is 1.89 bits per heavy atom. The van der Waals surface area contributed by atoms with Gasteiger partial charge >= 0.3 is 0 Å². The van der Waals surface area contributed by atoms with Crippen LogP contribution in [-0.4, -0.2) is 9.91 Å². The third-order valence-electron chi connectivity index (χ3n) is 2.51. The number of nitrogens with zero attached hydrogens (tertiary/aromatic N) is 2. The summed E-state index contributed by atoms with van der Waals surface area (Å²) in [6, 6.07) is 12.3. The SMILES string of the molecule is O=[N+]([O-])c1ccc(CNCc2ccccn2)cc1. The molecule has 0 aliphatic heterocycles. The van der Waals surface area contributed by atoms with Crippen LogP contribution < -0.4 is 5.32 Å². The normalized spacial score (nSPS) is 10.2. The van der Waals surface area contributed by atoms with Gasteiger partial charge in [-0.3, -0.25) is 15.1 Å². The van der Waals surface area contributed by atoms with Crippen LogP contribution in [0.5, 0.6) is 0 Å². The molecule has 0 aliphatic rings. The van der Waals surface area contributed by atoms with Crippen molar-refractivity contribution in [1.82, 2.24) is 10.3 Å². The average Bonchev–Trinajstić information content (AvgIpc) is 2.40. The number of rotatable bonds is 5. The highest BCUT2D eigenvalue weighted by atomic mass is 16.6. The molecule has 0 fully saturated rings. The summed E-state index contributed by atoms with van der Waals surface area (Å²) in [5.41, 5.74) is 2.10. The Morgan fingerprint density at radius 3 is 2.50 bits per heavy atom. The molecule has 2 rings (SSSR count). The van der Waals surface area contributed by atoms with Crippen LogP contribution in [0.15, 0.2) is 48.7 Å². The van der Waals surface area contributed by atoms with E-state index in [2.05, 4.69) is 10.3 Å². The maximum absolute atomic E-state index is 10.5. The van der Waals surface area contributed by atoms with Crippen molar-refractivity contribution in [2.45, 2.75) is 13.1 Å². The van der Waals surface area contributed by atoms with Crippen LogP contribution in [-0.2, 0) is 13.1 Å². The first-order chi connectivity index (χ1) is 8.75. The lowest BCUT2D eigenvalue weighted by atomic mass is 10.2. The smallest absolute Gasteiger partial charge is 0.269 e. The summed E-state index contributed by atoms with van der Waals surface area (Å²) in [5, 5.41) is 13.7. The van der Waals surface area contributed by atoms with Crippen molar-refractivity contribution in [2.24, 2.45) is 0 Å². The van der Waals surface area contributed by atoms with Gasteiger partial charge in [-0.2, -0.15) is 0 Å². The Labute approximate surface area is 105 Å². The molecule has 1 aromatic heterocycles. The number of benzene rings is 1. The van der Waals surface area contributed by atoms with Crippen LogP contribution in [0.3, 0.4) is 0 Å². The molecule has 1 aromatic carbocycles. The van der Waals surface area contributed by atoms with Gasteiger partial charge in [0.2, 0.25) is 0 Å². The molecule has 0 amide bonds. The number of nitrogens with one attached hydrogen (secondary N) is 1. The van der Waals surface area contributed by atoms with Crippen LogP contribution >= 0.6 is 0 Å². The Kier molecular flexibility index (Phi) is 3.98. The molecule has 92 valence electrons. The molecular weight excluding hydrogens is 230 g/mol. The van der Waals surface area contributed by atoms with Crippen LogP contribution in [0.4, 0.5) is 5.69 Å². The van der Waals surface area contributed by atoms with Gasteiger partial charge in [-0.05, 0) is 17.7 Å². The predicted octanol–water partition coefficient (Wildman–Crippen LogP) is 2.28. The number of hydrogen-bond acceptors (Lipinski definition) is 4. The molecule has 0 saturated heterocycles. The highest BCUT2D eigenvalue weighted by Crippen LogP contribution is 2.11. The summed E-state index contributed by atoms with van der Waals surface area (Å²) in [5.74, 6) is 0. The zero-order valence-electron chi connectivity index (χ0n) is 9.74. The first-order valence-electron chi connectivity index (χ1n) is 5.59. The van der Waals surface area contributed by atoms with Gasteiger partial charge in [-0.25, -0.2) is 0 Å². The number of pyridine rings is 1. The zero-order chi connectivity index (χ0) is 12.8. The largest absolute Gasteiger partial charge is 0.307 e. The van der Waals surface area contributed by atoms with Gasteiger partial charge in [-0.15, -0.1) is 0 Å². The average molecular weight is 243 g/mol. The summed E-state index contributed by atoms with van der Waals surface area (Å²) in [7, 11) is 0. The Morgan fingerprint density at radius 1 is 1.11 bits per heavy atom. The third-order valence-corrected chi connectivity index (χ3v) is 2.51. The zero-order valence-corrected chi connectivity index (χ0v) is 9.74. The first-order valence-corrected chi connectivity index (χ1v) is 5.59. The fourth-order valence-electron chi connectivity index (χ4n) is 1.57. The maximum Gasteiger partial charge on any atom is 0.269 e. The predicted molar refractivity (Wildman–Crippen MR) is 67.9 cm³/mol. The molecule has 0 aliphatic carbocycles. The maximum atomic E-state index is 10.5. The second-order valence-electron chi connectivity index (χ2n) is 3.85. The van der Waals surface area contributed by atoms with Crippen LogP contribution in [0.1, 0.15) is 11.3 Å². The van der Waals surface area contributed by atoms with E-state index in [0.717, 1.165) is 11.3 Å². The lowest BCUT2D eigenvalue weighted by molar-refractivity contribution is -0.384. The lowest BCUT2D eigenvalue weighted by Gasteiger charge is -2.04. The third kappa shape index (κ3) is 3.36. The summed E-state index contributed by atoms with van der Waals surface area (Å²) in [6.45, 7) is 1.34. The molecule has 18 heavy (non-hydrogen) atoms. The highest BCUT2D eigenvalue weighted by molar-refractivity contribution is 5.32. The Bertz CT molecular complexity index is 512. The molecule has 5 heteroatoms. The second-order valence-corrected chi connectivity index (χ2v) is 3.85. The van der Waals surface area contributed by atoms with Crippen molar-refractivity contribution in [2.75, 3.05) is 0 Å². The molecule has 0 radical (unpaired) electrons. The fourth-order valence-corrected chi connectivity index (χ4v) is 1.57. The number of nitro groups is 1. The van der Waals surface area contributed by atoms with Crippen molar-refractivity contribution < 1.29 is 4.92 Å². The van der Waals surface area contributed by atoms with Gasteiger partial charge in [0.15, 0.2) is 0 Å². The van der Waals surface area contributed by atoms with E-state index in [1.165, 1.54) is 12.1 Å². The number of non-ortho nitro benzene ring substituents is 1. The van der Waals surface area contributed by atoms with E-state index < -0.39 is 4.92 Å². The minimum Gasteiger partial charge on any atom is -0.307 e. The summed E-state index contributed by atoms with van der Waals surface area (Å²) >= 11 is 0. The Hall–Kier alpha value is -2.27. The molecular formula is C13H13N3O2. The van der Waals surface area contributed by atoms with Crippen molar-refractivity contribution in [3.63, 3.8) is 0 Å². The topological polar surface area (TPSA) is 68.1 Å². The fraction of sp³-hybridized carbons (Fsp3) is 0.154.